The Kier molecular flexibility index (Phi) is 1.69. The van der Waals surface area contributed by atoms with Crippen LogP contribution < -0.4 is 0 Å². The molecule has 0 heterocycles. The van der Waals surface area contributed by atoms with Gasteiger partial charge in [-0.25, -0.2) is 0 Å². The quantitative estimate of drug-likeness (QED) is 0.550. The number of rotatable bonds is 0. The molecule has 0 bridgehead atoms. The molecular weight excluding hydrogens is 140 g/mol. The zero-order valence-electron chi connectivity index (χ0n) is 6.79. The minimum atomic E-state index is -0.144. The van der Waals surface area contributed by atoms with Crippen LogP contribution >= 0.6 is 0 Å². The number of aliphatic hydroxyl groups is 2. The van der Waals surface area contributed by atoms with Crippen LogP contribution in [0.5, 0.6) is 0 Å². The van der Waals surface area contributed by atoms with E-state index in [-0.39, 0.29) is 17.6 Å². The summed E-state index contributed by atoms with van der Waals surface area (Å²) in [5, 5.41) is 18.8. The number of aliphatic hydroxyl groups excluding tert-OH is 2. The summed E-state index contributed by atoms with van der Waals surface area (Å²) in [6, 6.07) is 0. The van der Waals surface area contributed by atoms with Gasteiger partial charge in [-0.1, -0.05) is 12.8 Å². The predicted molar refractivity (Wildman–Crippen MR) is 42.1 cm³/mol. The molecule has 2 N–H and O–H groups in total. The SMILES string of the molecule is OC1CCCCC2(C1)CC2O. The largest absolute Gasteiger partial charge is 0.393 e. The van der Waals surface area contributed by atoms with Crippen LogP contribution in [0.15, 0.2) is 0 Å². The lowest BCUT2D eigenvalue weighted by Gasteiger charge is -2.14. The van der Waals surface area contributed by atoms with Crippen molar-refractivity contribution in [1.82, 2.24) is 0 Å². The fourth-order valence-electron chi connectivity index (χ4n) is 2.34. The highest BCUT2D eigenvalue weighted by Gasteiger charge is 2.53. The molecule has 3 atom stereocenters. The molecule has 2 nitrogen and oxygen atoms in total. The third kappa shape index (κ3) is 1.30. The minimum absolute atomic E-state index is 0.102. The third-order valence-corrected chi connectivity index (χ3v) is 3.25. The van der Waals surface area contributed by atoms with Gasteiger partial charge in [0.25, 0.3) is 0 Å². The van der Waals surface area contributed by atoms with Crippen LogP contribution in [-0.4, -0.2) is 22.4 Å². The van der Waals surface area contributed by atoms with Crippen LogP contribution in [-0.2, 0) is 0 Å². The summed E-state index contributed by atoms with van der Waals surface area (Å²) in [5.74, 6) is 0. The van der Waals surface area contributed by atoms with Gasteiger partial charge >= 0.3 is 0 Å². The molecule has 0 saturated heterocycles. The van der Waals surface area contributed by atoms with Gasteiger partial charge in [0, 0.05) is 5.41 Å². The maximum Gasteiger partial charge on any atom is 0.0604 e. The molecule has 0 amide bonds. The average Bonchev–Trinajstić information content (AvgIpc) is 2.59. The second-order valence-corrected chi connectivity index (χ2v) is 4.19. The molecule has 2 aliphatic rings. The Morgan fingerprint density at radius 3 is 2.45 bits per heavy atom. The van der Waals surface area contributed by atoms with Gasteiger partial charge in [-0.05, 0) is 25.7 Å². The minimum Gasteiger partial charge on any atom is -0.393 e. The van der Waals surface area contributed by atoms with Crippen molar-refractivity contribution in [1.29, 1.82) is 0 Å². The lowest BCUT2D eigenvalue weighted by atomic mass is 9.95. The van der Waals surface area contributed by atoms with Crippen molar-refractivity contribution in [2.24, 2.45) is 5.41 Å². The van der Waals surface area contributed by atoms with Crippen LogP contribution in [0.3, 0.4) is 0 Å². The fraction of sp³-hybridized carbons (Fsp3) is 1.00. The molecule has 0 aliphatic heterocycles. The first-order chi connectivity index (χ1) is 5.23. The van der Waals surface area contributed by atoms with Gasteiger partial charge in [0.2, 0.25) is 0 Å². The van der Waals surface area contributed by atoms with Crippen molar-refractivity contribution in [2.75, 3.05) is 0 Å². The van der Waals surface area contributed by atoms with E-state index < -0.39 is 0 Å². The van der Waals surface area contributed by atoms with Gasteiger partial charge < -0.3 is 10.2 Å². The molecule has 3 unspecified atom stereocenters. The molecule has 1 spiro atoms. The monoisotopic (exact) mass is 156 g/mol. The Morgan fingerprint density at radius 2 is 1.82 bits per heavy atom. The molecule has 64 valence electrons. The highest BCUT2D eigenvalue weighted by Crippen LogP contribution is 2.55. The van der Waals surface area contributed by atoms with E-state index in [2.05, 4.69) is 0 Å². The summed E-state index contributed by atoms with van der Waals surface area (Å²) >= 11 is 0. The van der Waals surface area contributed by atoms with E-state index in [0.717, 1.165) is 32.1 Å². The van der Waals surface area contributed by atoms with Crippen molar-refractivity contribution in [3.8, 4) is 0 Å². The van der Waals surface area contributed by atoms with Crippen LogP contribution in [0, 0.1) is 5.41 Å². The van der Waals surface area contributed by atoms with Crippen LogP contribution in [0.2, 0.25) is 0 Å². The molecule has 2 fully saturated rings. The summed E-state index contributed by atoms with van der Waals surface area (Å²) in [6.45, 7) is 0. The average molecular weight is 156 g/mol. The number of hydrogen-bond donors (Lipinski definition) is 2. The van der Waals surface area contributed by atoms with Crippen LogP contribution in [0.4, 0.5) is 0 Å². The lowest BCUT2D eigenvalue weighted by Crippen LogP contribution is -2.14. The first-order valence-electron chi connectivity index (χ1n) is 4.59. The molecule has 11 heavy (non-hydrogen) atoms. The maximum atomic E-state index is 9.47. The predicted octanol–water partition coefficient (Wildman–Crippen LogP) is 1.06. The number of hydrogen-bond acceptors (Lipinski definition) is 2. The highest BCUT2D eigenvalue weighted by atomic mass is 16.3. The smallest absolute Gasteiger partial charge is 0.0604 e. The van der Waals surface area contributed by atoms with E-state index in [0.29, 0.717) is 0 Å². The Bertz CT molecular complexity index is 158. The highest BCUT2D eigenvalue weighted by molar-refractivity contribution is 5.04. The van der Waals surface area contributed by atoms with E-state index >= 15 is 0 Å². The zero-order valence-corrected chi connectivity index (χ0v) is 6.79. The second kappa shape index (κ2) is 2.46. The van der Waals surface area contributed by atoms with Crippen molar-refractivity contribution >= 4 is 0 Å². The second-order valence-electron chi connectivity index (χ2n) is 4.19. The van der Waals surface area contributed by atoms with E-state index in [4.69, 9.17) is 0 Å². The Balaban J connectivity index is 2.00. The Hall–Kier alpha value is -0.0800. The van der Waals surface area contributed by atoms with Gasteiger partial charge in [0.1, 0.15) is 0 Å². The van der Waals surface area contributed by atoms with E-state index in [1.165, 1.54) is 6.42 Å². The molecular formula is C9H16O2. The van der Waals surface area contributed by atoms with E-state index in [1.807, 2.05) is 0 Å². The van der Waals surface area contributed by atoms with Crippen LogP contribution in [0.1, 0.15) is 38.5 Å². The molecule has 2 rings (SSSR count). The summed E-state index contributed by atoms with van der Waals surface area (Å²) in [7, 11) is 0. The summed E-state index contributed by atoms with van der Waals surface area (Å²) in [6.07, 6.45) is 5.92. The molecule has 0 aromatic rings. The van der Waals surface area contributed by atoms with Gasteiger partial charge in [-0.3, -0.25) is 0 Å². The molecule has 2 heteroatoms. The summed E-state index contributed by atoms with van der Waals surface area (Å²) in [5.41, 5.74) is 0.149. The summed E-state index contributed by atoms with van der Waals surface area (Å²) in [4.78, 5) is 0. The van der Waals surface area contributed by atoms with Crippen molar-refractivity contribution in [2.45, 2.75) is 50.7 Å². The molecule has 2 aliphatic carbocycles. The lowest BCUT2D eigenvalue weighted by molar-refractivity contribution is 0.115. The topological polar surface area (TPSA) is 40.5 Å². The van der Waals surface area contributed by atoms with Crippen molar-refractivity contribution in [3.05, 3.63) is 0 Å². The zero-order chi connectivity index (χ0) is 7.90. The molecule has 0 aromatic heterocycles. The first kappa shape index (κ1) is 7.56. The van der Waals surface area contributed by atoms with E-state index in [9.17, 15) is 10.2 Å². The normalized spacial score (nSPS) is 50.7. The maximum absolute atomic E-state index is 9.47. The Labute approximate surface area is 67.2 Å². The molecule has 0 radical (unpaired) electrons. The Morgan fingerprint density at radius 1 is 1.09 bits per heavy atom. The molecule has 0 aromatic carbocycles. The van der Waals surface area contributed by atoms with Crippen molar-refractivity contribution in [3.63, 3.8) is 0 Å². The summed E-state index contributed by atoms with van der Waals surface area (Å²) < 4.78 is 0. The van der Waals surface area contributed by atoms with Crippen LogP contribution in [0.25, 0.3) is 0 Å². The molecule has 2 saturated carbocycles. The van der Waals surface area contributed by atoms with Gasteiger partial charge in [-0.15, -0.1) is 0 Å². The van der Waals surface area contributed by atoms with Gasteiger partial charge in [-0.2, -0.15) is 0 Å². The fourth-order valence-corrected chi connectivity index (χ4v) is 2.34. The van der Waals surface area contributed by atoms with Gasteiger partial charge in [0.15, 0.2) is 0 Å². The van der Waals surface area contributed by atoms with Crippen molar-refractivity contribution < 1.29 is 10.2 Å². The van der Waals surface area contributed by atoms with Gasteiger partial charge in [0.05, 0.1) is 12.2 Å². The first-order valence-corrected chi connectivity index (χ1v) is 4.59. The standard InChI is InChI=1S/C9H16O2/c10-7-3-1-2-4-9(5-7)6-8(9)11/h7-8,10-11H,1-6H2. The van der Waals surface area contributed by atoms with E-state index in [1.54, 1.807) is 0 Å². The third-order valence-electron chi connectivity index (χ3n) is 3.25.